The van der Waals surface area contributed by atoms with Crippen molar-refractivity contribution >= 4 is 21.9 Å². The number of carbonyl (C=O) groups excluding carboxylic acids is 1. The van der Waals surface area contributed by atoms with E-state index in [4.69, 9.17) is 4.74 Å². The van der Waals surface area contributed by atoms with Gasteiger partial charge in [0, 0.05) is 11.8 Å². The summed E-state index contributed by atoms with van der Waals surface area (Å²) < 4.78 is 4.87. The molecule has 0 fully saturated rings. The fraction of sp³-hybridized carbons (Fsp3) is 0.364. The van der Waals surface area contributed by atoms with Gasteiger partial charge in [0.05, 0.1) is 6.61 Å². The molecular weight excluding hydrogens is 244 g/mol. The molecule has 0 amide bonds. The number of rotatable bonds is 4. The number of carbonyl (C=O) groups is 1. The largest absolute Gasteiger partial charge is 0.466 e. The smallest absolute Gasteiger partial charge is 0.302 e. The second-order valence-corrected chi connectivity index (χ2v) is 4.11. The van der Waals surface area contributed by atoms with Gasteiger partial charge in [0.2, 0.25) is 0 Å². The van der Waals surface area contributed by atoms with Crippen molar-refractivity contribution in [3.8, 4) is 0 Å². The molecule has 14 heavy (non-hydrogen) atoms. The molecule has 1 aromatic rings. The molecule has 1 atom stereocenters. The Balaban J connectivity index is 2.36. The van der Waals surface area contributed by atoms with Crippen LogP contribution in [-0.2, 0) is 9.53 Å². The highest BCUT2D eigenvalue weighted by molar-refractivity contribution is 9.09. The molecule has 0 N–H and O–H groups in total. The Morgan fingerprint density at radius 2 is 2.07 bits per heavy atom. The fourth-order valence-corrected chi connectivity index (χ4v) is 1.63. The number of ether oxygens (including phenoxy) is 1. The summed E-state index contributed by atoms with van der Waals surface area (Å²) in [6, 6.07) is 10.1. The zero-order valence-corrected chi connectivity index (χ0v) is 9.66. The van der Waals surface area contributed by atoms with Crippen molar-refractivity contribution in [3.05, 3.63) is 35.9 Å². The number of alkyl halides is 1. The lowest BCUT2D eigenvalue weighted by Crippen LogP contribution is -2.03. The van der Waals surface area contributed by atoms with Gasteiger partial charge in [-0.25, -0.2) is 0 Å². The minimum Gasteiger partial charge on any atom is -0.466 e. The van der Waals surface area contributed by atoms with Crippen LogP contribution < -0.4 is 0 Å². The minimum atomic E-state index is -0.224. The number of halogens is 1. The topological polar surface area (TPSA) is 26.3 Å². The van der Waals surface area contributed by atoms with Gasteiger partial charge < -0.3 is 4.74 Å². The fourth-order valence-electron chi connectivity index (χ4n) is 1.13. The van der Waals surface area contributed by atoms with E-state index in [0.29, 0.717) is 6.61 Å². The maximum atomic E-state index is 10.5. The summed E-state index contributed by atoms with van der Waals surface area (Å²) in [5.74, 6) is -0.224. The molecular formula is C11H13BrO2. The van der Waals surface area contributed by atoms with E-state index < -0.39 is 0 Å². The van der Waals surface area contributed by atoms with Gasteiger partial charge in [-0.15, -0.1) is 0 Å². The van der Waals surface area contributed by atoms with Gasteiger partial charge in [0.25, 0.3) is 0 Å². The Kier molecular flexibility index (Phi) is 4.66. The Morgan fingerprint density at radius 3 is 2.64 bits per heavy atom. The van der Waals surface area contributed by atoms with E-state index in [-0.39, 0.29) is 10.8 Å². The van der Waals surface area contributed by atoms with Crippen LogP contribution in [0.4, 0.5) is 0 Å². The molecule has 2 nitrogen and oxygen atoms in total. The van der Waals surface area contributed by atoms with Crippen LogP contribution in [0.25, 0.3) is 0 Å². The average molecular weight is 257 g/mol. The van der Waals surface area contributed by atoms with Crippen molar-refractivity contribution in [2.24, 2.45) is 0 Å². The zero-order chi connectivity index (χ0) is 10.4. The maximum absolute atomic E-state index is 10.5. The van der Waals surface area contributed by atoms with E-state index in [9.17, 15) is 4.79 Å². The standard InChI is InChI=1S/C11H13BrO2/c1-9(13)14-8-7-11(12)10-5-3-2-4-6-10/h2-6,11H,7-8H2,1H3/t11-/m1/s1. The number of hydrogen-bond acceptors (Lipinski definition) is 2. The van der Waals surface area contributed by atoms with Crippen molar-refractivity contribution in [2.75, 3.05) is 6.61 Å². The third-order valence-corrected chi connectivity index (χ3v) is 2.82. The highest BCUT2D eigenvalue weighted by Gasteiger charge is 2.06. The Labute approximate surface area is 92.4 Å². The van der Waals surface area contributed by atoms with E-state index in [1.807, 2.05) is 30.3 Å². The van der Waals surface area contributed by atoms with Crippen LogP contribution in [0.15, 0.2) is 30.3 Å². The number of esters is 1. The van der Waals surface area contributed by atoms with Crippen LogP contribution in [0.1, 0.15) is 23.7 Å². The first-order valence-corrected chi connectivity index (χ1v) is 5.44. The first-order chi connectivity index (χ1) is 6.70. The molecule has 0 unspecified atom stereocenters. The molecule has 1 rings (SSSR count). The van der Waals surface area contributed by atoms with E-state index in [0.717, 1.165) is 6.42 Å². The predicted octanol–water partition coefficient (Wildman–Crippen LogP) is 3.08. The molecule has 1 aromatic carbocycles. The SMILES string of the molecule is CC(=O)OCC[C@@H](Br)c1ccccc1. The molecule has 0 radical (unpaired) electrons. The molecule has 0 aliphatic rings. The molecule has 0 saturated heterocycles. The summed E-state index contributed by atoms with van der Waals surface area (Å²) in [4.78, 5) is 10.8. The second-order valence-electron chi connectivity index (χ2n) is 3.01. The first-order valence-electron chi connectivity index (χ1n) is 4.52. The third kappa shape index (κ3) is 3.92. The lowest BCUT2D eigenvalue weighted by atomic mass is 10.1. The summed E-state index contributed by atoms with van der Waals surface area (Å²) in [6.07, 6.45) is 0.795. The monoisotopic (exact) mass is 256 g/mol. The van der Waals surface area contributed by atoms with Crippen LogP contribution in [0.3, 0.4) is 0 Å². The van der Waals surface area contributed by atoms with Crippen LogP contribution in [-0.4, -0.2) is 12.6 Å². The number of benzene rings is 1. The number of hydrogen-bond donors (Lipinski definition) is 0. The van der Waals surface area contributed by atoms with E-state index in [1.165, 1.54) is 12.5 Å². The van der Waals surface area contributed by atoms with Gasteiger partial charge in [-0.1, -0.05) is 46.3 Å². The van der Waals surface area contributed by atoms with Crippen LogP contribution in [0.2, 0.25) is 0 Å². The van der Waals surface area contributed by atoms with Crippen molar-refractivity contribution < 1.29 is 9.53 Å². The van der Waals surface area contributed by atoms with E-state index in [2.05, 4.69) is 15.9 Å². The quantitative estimate of drug-likeness (QED) is 0.612. The van der Waals surface area contributed by atoms with Gasteiger partial charge in [-0.05, 0) is 12.0 Å². The first kappa shape index (κ1) is 11.2. The van der Waals surface area contributed by atoms with Crippen molar-refractivity contribution in [1.82, 2.24) is 0 Å². The highest BCUT2D eigenvalue weighted by Crippen LogP contribution is 2.25. The average Bonchev–Trinajstić information content (AvgIpc) is 2.18. The predicted molar refractivity (Wildman–Crippen MR) is 59.4 cm³/mol. The van der Waals surface area contributed by atoms with E-state index in [1.54, 1.807) is 0 Å². The van der Waals surface area contributed by atoms with Gasteiger partial charge in [-0.2, -0.15) is 0 Å². The van der Waals surface area contributed by atoms with Crippen LogP contribution >= 0.6 is 15.9 Å². The van der Waals surface area contributed by atoms with Gasteiger partial charge in [-0.3, -0.25) is 4.79 Å². The highest BCUT2D eigenvalue weighted by atomic mass is 79.9. The van der Waals surface area contributed by atoms with Crippen molar-refractivity contribution in [1.29, 1.82) is 0 Å². The molecule has 3 heteroatoms. The molecule has 0 bridgehead atoms. The van der Waals surface area contributed by atoms with Gasteiger partial charge >= 0.3 is 5.97 Å². The third-order valence-electron chi connectivity index (χ3n) is 1.84. The summed E-state index contributed by atoms with van der Waals surface area (Å²) in [7, 11) is 0. The Bertz CT molecular complexity index is 285. The zero-order valence-electron chi connectivity index (χ0n) is 8.07. The van der Waals surface area contributed by atoms with Gasteiger partial charge in [0.15, 0.2) is 0 Å². The second kappa shape index (κ2) is 5.81. The molecule has 0 aliphatic carbocycles. The van der Waals surface area contributed by atoms with Crippen molar-refractivity contribution in [2.45, 2.75) is 18.2 Å². The van der Waals surface area contributed by atoms with E-state index >= 15 is 0 Å². The summed E-state index contributed by atoms with van der Waals surface area (Å²) >= 11 is 3.54. The van der Waals surface area contributed by atoms with Crippen molar-refractivity contribution in [3.63, 3.8) is 0 Å². The lowest BCUT2D eigenvalue weighted by molar-refractivity contribution is -0.141. The Hall–Kier alpha value is -0.830. The molecule has 0 heterocycles. The lowest BCUT2D eigenvalue weighted by Gasteiger charge is -2.09. The molecule has 0 spiro atoms. The van der Waals surface area contributed by atoms with Crippen LogP contribution in [0, 0.1) is 0 Å². The summed E-state index contributed by atoms with van der Waals surface area (Å²) in [5.41, 5.74) is 1.21. The van der Waals surface area contributed by atoms with Crippen LogP contribution in [0.5, 0.6) is 0 Å². The molecule has 0 aromatic heterocycles. The molecule has 76 valence electrons. The van der Waals surface area contributed by atoms with Gasteiger partial charge in [0.1, 0.15) is 0 Å². The summed E-state index contributed by atoms with van der Waals surface area (Å²) in [6.45, 7) is 1.88. The minimum absolute atomic E-state index is 0.224. The molecule has 0 aliphatic heterocycles. The summed E-state index contributed by atoms with van der Waals surface area (Å²) in [5, 5.41) is 0. The Morgan fingerprint density at radius 1 is 1.43 bits per heavy atom. The molecule has 0 saturated carbocycles. The maximum Gasteiger partial charge on any atom is 0.302 e. The normalized spacial score (nSPS) is 12.1.